The van der Waals surface area contributed by atoms with E-state index in [4.69, 9.17) is 11.2 Å². The second kappa shape index (κ2) is 7.75. The number of hydrogen-bond donors (Lipinski definition) is 2. The van der Waals surface area contributed by atoms with Gasteiger partial charge in [0.25, 0.3) is 0 Å². The molecule has 0 fully saturated rings. The lowest BCUT2D eigenvalue weighted by Gasteiger charge is -2.18. The average molecular weight is 247 g/mol. The minimum Gasteiger partial charge on any atom is -0.497 e. The Hall–Kier alpha value is -1.50. The first kappa shape index (κ1) is 14.6. The largest absolute Gasteiger partial charge is 0.497 e. The Morgan fingerprint density at radius 2 is 2.28 bits per heavy atom. The monoisotopic (exact) mass is 247 g/mol. The summed E-state index contributed by atoms with van der Waals surface area (Å²) in [6.07, 6.45) is 6.38. The van der Waals surface area contributed by atoms with E-state index in [-0.39, 0.29) is 6.04 Å². The summed E-state index contributed by atoms with van der Waals surface area (Å²) >= 11 is 0. The second-order valence-electron chi connectivity index (χ2n) is 4.21. The summed E-state index contributed by atoms with van der Waals surface area (Å²) in [6.45, 7) is 2.57. The van der Waals surface area contributed by atoms with Crippen molar-refractivity contribution in [3.8, 4) is 18.1 Å². The zero-order valence-corrected chi connectivity index (χ0v) is 11.0. The van der Waals surface area contributed by atoms with E-state index in [2.05, 4.69) is 18.2 Å². The van der Waals surface area contributed by atoms with Crippen LogP contribution in [0.4, 0.5) is 0 Å². The number of nitrogens with one attached hydrogen (secondary N) is 1. The van der Waals surface area contributed by atoms with Gasteiger partial charge in [-0.2, -0.15) is 0 Å². The number of aliphatic hydroxyl groups excluding tert-OH is 1. The summed E-state index contributed by atoms with van der Waals surface area (Å²) in [4.78, 5) is 0. The van der Waals surface area contributed by atoms with Crippen molar-refractivity contribution in [2.45, 2.75) is 31.9 Å². The molecule has 0 aromatic heterocycles. The van der Waals surface area contributed by atoms with Crippen molar-refractivity contribution in [1.82, 2.24) is 5.32 Å². The topological polar surface area (TPSA) is 41.5 Å². The van der Waals surface area contributed by atoms with Crippen LogP contribution in [-0.2, 0) is 0 Å². The first-order chi connectivity index (χ1) is 8.71. The number of terminal acetylenes is 1. The fraction of sp³-hybridized carbons (Fsp3) is 0.467. The lowest BCUT2D eigenvalue weighted by molar-refractivity contribution is 0.169. The van der Waals surface area contributed by atoms with Crippen LogP contribution in [0.2, 0.25) is 0 Å². The minimum absolute atomic E-state index is 0.259. The highest BCUT2D eigenvalue weighted by molar-refractivity contribution is 5.29. The van der Waals surface area contributed by atoms with Crippen LogP contribution in [0.1, 0.15) is 31.4 Å². The predicted molar refractivity (Wildman–Crippen MR) is 73.5 cm³/mol. The van der Waals surface area contributed by atoms with Gasteiger partial charge in [0.2, 0.25) is 0 Å². The molecule has 0 aliphatic carbocycles. The van der Waals surface area contributed by atoms with Crippen LogP contribution < -0.4 is 10.1 Å². The van der Waals surface area contributed by atoms with Gasteiger partial charge >= 0.3 is 0 Å². The quantitative estimate of drug-likeness (QED) is 0.725. The van der Waals surface area contributed by atoms with Crippen molar-refractivity contribution < 1.29 is 9.84 Å². The van der Waals surface area contributed by atoms with Gasteiger partial charge in [-0.3, -0.25) is 0 Å². The molecule has 0 saturated heterocycles. The van der Waals surface area contributed by atoms with Crippen LogP contribution in [0.25, 0.3) is 0 Å². The standard InChI is InChI=1S/C15H21NO2/c1-4-7-13(5-2)16-11-15(17)12-8-6-9-14(10-12)18-3/h1,6,8-10,13,15-17H,5,7,11H2,2-3H3. The molecule has 98 valence electrons. The van der Waals surface area contributed by atoms with Gasteiger partial charge < -0.3 is 15.2 Å². The predicted octanol–water partition coefficient (Wildman–Crippen LogP) is 2.12. The lowest BCUT2D eigenvalue weighted by atomic mass is 10.1. The van der Waals surface area contributed by atoms with E-state index in [1.54, 1.807) is 7.11 Å². The second-order valence-corrected chi connectivity index (χ2v) is 4.21. The van der Waals surface area contributed by atoms with E-state index in [0.717, 1.165) is 17.7 Å². The fourth-order valence-corrected chi connectivity index (χ4v) is 1.75. The number of methoxy groups -OCH3 is 1. The molecule has 0 aliphatic heterocycles. The Labute approximate surface area is 109 Å². The van der Waals surface area contributed by atoms with Gasteiger partial charge in [-0.15, -0.1) is 12.3 Å². The smallest absolute Gasteiger partial charge is 0.119 e. The van der Waals surface area contributed by atoms with E-state index >= 15 is 0 Å². The third-order valence-corrected chi connectivity index (χ3v) is 2.94. The zero-order valence-electron chi connectivity index (χ0n) is 11.0. The molecule has 0 saturated carbocycles. The van der Waals surface area contributed by atoms with E-state index in [9.17, 15) is 5.11 Å². The van der Waals surface area contributed by atoms with Crippen molar-refractivity contribution in [2.75, 3.05) is 13.7 Å². The highest BCUT2D eigenvalue weighted by atomic mass is 16.5. The van der Waals surface area contributed by atoms with Gasteiger partial charge in [0, 0.05) is 19.0 Å². The van der Waals surface area contributed by atoms with E-state index in [0.29, 0.717) is 13.0 Å². The lowest BCUT2D eigenvalue weighted by Crippen LogP contribution is -2.32. The molecule has 0 aliphatic rings. The Bertz CT molecular complexity index is 398. The molecule has 0 bridgehead atoms. The molecule has 1 aromatic rings. The van der Waals surface area contributed by atoms with E-state index in [1.165, 1.54) is 0 Å². The molecule has 18 heavy (non-hydrogen) atoms. The van der Waals surface area contributed by atoms with Crippen molar-refractivity contribution in [1.29, 1.82) is 0 Å². The Morgan fingerprint density at radius 3 is 2.89 bits per heavy atom. The molecule has 2 N–H and O–H groups in total. The van der Waals surface area contributed by atoms with E-state index in [1.807, 2.05) is 24.3 Å². The Balaban J connectivity index is 2.54. The number of benzene rings is 1. The maximum Gasteiger partial charge on any atom is 0.119 e. The average Bonchev–Trinajstić information content (AvgIpc) is 2.43. The number of hydrogen-bond acceptors (Lipinski definition) is 3. The molecule has 0 radical (unpaired) electrons. The molecule has 0 amide bonds. The van der Waals surface area contributed by atoms with Crippen molar-refractivity contribution in [3.63, 3.8) is 0 Å². The summed E-state index contributed by atoms with van der Waals surface area (Å²) in [6, 6.07) is 7.72. The molecule has 2 atom stereocenters. The van der Waals surface area contributed by atoms with Gasteiger partial charge in [0.15, 0.2) is 0 Å². The van der Waals surface area contributed by atoms with Crippen LogP contribution in [-0.4, -0.2) is 24.8 Å². The summed E-state index contributed by atoms with van der Waals surface area (Å²) in [5.41, 5.74) is 0.845. The van der Waals surface area contributed by atoms with Crippen molar-refractivity contribution in [2.24, 2.45) is 0 Å². The highest BCUT2D eigenvalue weighted by Crippen LogP contribution is 2.18. The third kappa shape index (κ3) is 4.40. The molecule has 0 spiro atoms. The molecule has 3 nitrogen and oxygen atoms in total. The molecule has 3 heteroatoms. The van der Waals surface area contributed by atoms with Crippen molar-refractivity contribution in [3.05, 3.63) is 29.8 Å². The van der Waals surface area contributed by atoms with Crippen molar-refractivity contribution >= 4 is 0 Å². The molecule has 1 aromatic carbocycles. The highest BCUT2D eigenvalue weighted by Gasteiger charge is 2.11. The molecule has 2 unspecified atom stereocenters. The summed E-state index contributed by atoms with van der Waals surface area (Å²) < 4.78 is 5.13. The number of aliphatic hydroxyl groups is 1. The van der Waals surface area contributed by atoms with Crippen LogP contribution in [0.5, 0.6) is 5.75 Å². The van der Waals surface area contributed by atoms with Gasteiger partial charge in [-0.05, 0) is 24.1 Å². The van der Waals surface area contributed by atoms with Gasteiger partial charge in [-0.1, -0.05) is 19.1 Å². The molecule has 1 rings (SSSR count). The number of rotatable bonds is 7. The normalized spacial score (nSPS) is 13.7. The molecular weight excluding hydrogens is 226 g/mol. The zero-order chi connectivity index (χ0) is 13.4. The fourth-order valence-electron chi connectivity index (χ4n) is 1.75. The van der Waals surface area contributed by atoms with Gasteiger partial charge in [0.1, 0.15) is 5.75 Å². The Kier molecular flexibility index (Phi) is 6.27. The number of ether oxygens (including phenoxy) is 1. The molecular formula is C15H21NO2. The van der Waals surface area contributed by atoms with Gasteiger partial charge in [-0.25, -0.2) is 0 Å². The summed E-state index contributed by atoms with van der Waals surface area (Å²) in [5.74, 6) is 3.39. The summed E-state index contributed by atoms with van der Waals surface area (Å²) in [5, 5.41) is 13.4. The van der Waals surface area contributed by atoms with Crippen LogP contribution in [0, 0.1) is 12.3 Å². The molecule has 0 heterocycles. The SMILES string of the molecule is C#CCC(CC)NCC(O)c1cccc(OC)c1. The van der Waals surface area contributed by atoms with E-state index < -0.39 is 6.10 Å². The maximum absolute atomic E-state index is 10.1. The minimum atomic E-state index is -0.549. The first-order valence-electron chi connectivity index (χ1n) is 6.20. The maximum atomic E-state index is 10.1. The van der Waals surface area contributed by atoms with Gasteiger partial charge in [0.05, 0.1) is 13.2 Å². The third-order valence-electron chi connectivity index (χ3n) is 2.94. The Morgan fingerprint density at radius 1 is 1.50 bits per heavy atom. The van der Waals surface area contributed by atoms with Crippen LogP contribution in [0.3, 0.4) is 0 Å². The van der Waals surface area contributed by atoms with Crippen LogP contribution in [0.15, 0.2) is 24.3 Å². The van der Waals surface area contributed by atoms with Crippen LogP contribution >= 0.6 is 0 Å². The summed E-state index contributed by atoms with van der Waals surface area (Å²) in [7, 11) is 1.61. The first-order valence-corrected chi connectivity index (χ1v) is 6.20.